The van der Waals surface area contributed by atoms with Gasteiger partial charge in [0.25, 0.3) is 11.1 Å². The average molecular weight is 478 g/mol. The summed E-state index contributed by atoms with van der Waals surface area (Å²) in [6, 6.07) is 13.2. The fraction of sp³-hybridized carbons (Fsp3) is 0.320. The normalized spacial score (nSPS) is 23.8. The number of nitrogens with zero attached hydrogens (tertiary/aromatic N) is 1. The summed E-state index contributed by atoms with van der Waals surface area (Å²) < 4.78 is 5.51. The van der Waals surface area contributed by atoms with Gasteiger partial charge in [0.05, 0.1) is 17.7 Å². The summed E-state index contributed by atoms with van der Waals surface area (Å²) in [6.45, 7) is 1.37. The Morgan fingerprint density at radius 3 is 2.71 bits per heavy atom. The molecular weight excluding hydrogens is 450 g/mol. The van der Waals surface area contributed by atoms with Gasteiger partial charge in [-0.1, -0.05) is 18.2 Å². The van der Waals surface area contributed by atoms with Crippen LogP contribution in [0.25, 0.3) is 11.3 Å². The van der Waals surface area contributed by atoms with E-state index in [4.69, 9.17) is 4.42 Å². The maximum absolute atomic E-state index is 11.8. The van der Waals surface area contributed by atoms with Crippen LogP contribution in [0.2, 0.25) is 0 Å². The minimum Gasteiger partial charge on any atom is -0.464 e. The molecule has 4 N–H and O–H groups in total. The van der Waals surface area contributed by atoms with Crippen molar-refractivity contribution in [1.29, 1.82) is 0 Å². The first-order valence-corrected chi connectivity index (χ1v) is 12.3. The molecule has 1 saturated heterocycles. The molecule has 1 aromatic carbocycles. The first-order valence-electron chi connectivity index (χ1n) is 11.5. The number of guanidine groups is 1. The van der Waals surface area contributed by atoms with Gasteiger partial charge in [0, 0.05) is 29.9 Å². The van der Waals surface area contributed by atoms with Gasteiger partial charge in [0.1, 0.15) is 5.76 Å². The van der Waals surface area contributed by atoms with E-state index in [1.165, 1.54) is 5.56 Å². The minimum absolute atomic E-state index is 0.338. The highest BCUT2D eigenvalue weighted by molar-refractivity contribution is 8.18. The van der Waals surface area contributed by atoms with Crippen molar-refractivity contribution in [3.63, 3.8) is 0 Å². The van der Waals surface area contributed by atoms with E-state index in [0.29, 0.717) is 23.5 Å². The Labute approximate surface area is 202 Å². The number of furan rings is 1. The number of aliphatic imine (C=N–C) groups is 1. The molecule has 0 spiro atoms. The van der Waals surface area contributed by atoms with Crippen molar-refractivity contribution in [2.45, 2.75) is 44.3 Å². The molecule has 3 heterocycles. The summed E-state index contributed by atoms with van der Waals surface area (Å²) in [7, 11) is 0. The molecule has 0 bridgehead atoms. The molecule has 1 aliphatic carbocycles. The van der Waals surface area contributed by atoms with Crippen molar-refractivity contribution in [2.24, 2.45) is 4.99 Å². The predicted octanol–water partition coefficient (Wildman–Crippen LogP) is 3.65. The molecule has 34 heavy (non-hydrogen) atoms. The number of nitrogens with one attached hydrogen (secondary N) is 4. The number of amides is 2. The van der Waals surface area contributed by atoms with Crippen LogP contribution in [0.3, 0.4) is 0 Å². The maximum atomic E-state index is 11.8. The van der Waals surface area contributed by atoms with Gasteiger partial charge in [-0.3, -0.25) is 14.9 Å². The highest BCUT2D eigenvalue weighted by atomic mass is 32.2. The first-order chi connectivity index (χ1) is 16.6. The summed E-state index contributed by atoms with van der Waals surface area (Å²) in [6.07, 6.45) is 9.59. The molecule has 2 aliphatic heterocycles. The average Bonchev–Trinajstić information content (AvgIpc) is 3.49. The second-order valence-corrected chi connectivity index (χ2v) is 9.59. The molecule has 2 fully saturated rings. The Morgan fingerprint density at radius 1 is 1.09 bits per heavy atom. The second-order valence-electron chi connectivity index (χ2n) is 8.58. The number of hydrogen-bond donors (Lipinski definition) is 4. The topological polar surface area (TPSA) is 108 Å². The lowest BCUT2D eigenvalue weighted by Crippen LogP contribution is -2.47. The zero-order valence-electron chi connectivity index (χ0n) is 18.7. The van der Waals surface area contributed by atoms with Crippen LogP contribution in [0.15, 0.2) is 74.8 Å². The third-order valence-electron chi connectivity index (χ3n) is 6.15. The van der Waals surface area contributed by atoms with Crippen molar-refractivity contribution < 1.29 is 14.0 Å². The molecule has 176 valence electrons. The molecule has 1 aromatic heterocycles. The standard InChI is InChI=1S/C25H27N5O3S/c31-23-22(34-25(32)30-23)14-20-10-11-26-24(29-20)28-19-8-6-18(7-9-19)27-15-16-3-1-4-17(13-16)21-5-2-12-33-21/h1-5,10,12-14,18-19,27H,6-9,11,15H2,(H2,26,28,29)(H,30,31,32)/b22-14-. The highest BCUT2D eigenvalue weighted by Gasteiger charge is 2.26. The smallest absolute Gasteiger partial charge is 0.290 e. The number of allylic oxidation sites excluding steroid dienone is 1. The van der Waals surface area contributed by atoms with Crippen molar-refractivity contribution in [1.82, 2.24) is 21.3 Å². The molecule has 0 unspecified atom stereocenters. The van der Waals surface area contributed by atoms with E-state index in [-0.39, 0.29) is 11.1 Å². The number of imide groups is 1. The molecule has 9 heteroatoms. The molecule has 3 aliphatic rings. The summed E-state index contributed by atoms with van der Waals surface area (Å²) in [5, 5.41) is 12.4. The van der Waals surface area contributed by atoms with Crippen molar-refractivity contribution in [3.05, 3.63) is 71.0 Å². The third-order valence-corrected chi connectivity index (χ3v) is 6.96. The van der Waals surface area contributed by atoms with Gasteiger partial charge < -0.3 is 20.4 Å². The molecule has 0 atom stereocenters. The molecule has 5 rings (SSSR count). The molecule has 2 aromatic rings. The van der Waals surface area contributed by atoms with E-state index >= 15 is 0 Å². The van der Waals surface area contributed by atoms with Gasteiger partial charge in [-0.2, -0.15) is 0 Å². The number of rotatable bonds is 6. The molecular formula is C25H27N5O3S. The first kappa shape index (κ1) is 22.5. The molecule has 0 radical (unpaired) electrons. The lowest BCUT2D eigenvalue weighted by atomic mass is 9.91. The summed E-state index contributed by atoms with van der Waals surface area (Å²) in [5.74, 6) is 1.25. The monoisotopic (exact) mass is 477 g/mol. The van der Waals surface area contributed by atoms with E-state index in [2.05, 4.69) is 50.5 Å². The van der Waals surface area contributed by atoms with Crippen molar-refractivity contribution in [3.8, 4) is 11.3 Å². The Hall–Kier alpha value is -3.30. The maximum Gasteiger partial charge on any atom is 0.290 e. The number of hydrogen-bond acceptors (Lipinski definition) is 8. The van der Waals surface area contributed by atoms with Crippen LogP contribution >= 0.6 is 11.8 Å². The number of carbonyl (C=O) groups excluding carboxylic acids is 2. The van der Waals surface area contributed by atoms with Gasteiger partial charge >= 0.3 is 0 Å². The van der Waals surface area contributed by atoms with Crippen LogP contribution < -0.4 is 21.3 Å². The Bertz CT molecular complexity index is 1150. The molecule has 1 saturated carbocycles. The van der Waals surface area contributed by atoms with Gasteiger partial charge in [0.15, 0.2) is 5.96 Å². The highest BCUT2D eigenvalue weighted by Crippen LogP contribution is 2.25. The van der Waals surface area contributed by atoms with Crippen LogP contribution in [-0.4, -0.2) is 35.7 Å². The summed E-state index contributed by atoms with van der Waals surface area (Å²) in [5.41, 5.74) is 3.12. The number of thioether (sulfide) groups is 1. The van der Waals surface area contributed by atoms with Crippen LogP contribution in [-0.2, 0) is 11.3 Å². The van der Waals surface area contributed by atoms with Crippen LogP contribution in [0.4, 0.5) is 4.79 Å². The van der Waals surface area contributed by atoms with Gasteiger partial charge in [-0.05, 0) is 73.4 Å². The number of benzene rings is 1. The zero-order chi connectivity index (χ0) is 23.3. The van der Waals surface area contributed by atoms with E-state index in [9.17, 15) is 9.59 Å². The summed E-state index contributed by atoms with van der Waals surface area (Å²) >= 11 is 0.916. The third kappa shape index (κ3) is 5.60. The molecule has 8 nitrogen and oxygen atoms in total. The fourth-order valence-corrected chi connectivity index (χ4v) is 5.05. The predicted molar refractivity (Wildman–Crippen MR) is 133 cm³/mol. The Kier molecular flexibility index (Phi) is 6.82. The zero-order valence-corrected chi connectivity index (χ0v) is 19.5. The quantitative estimate of drug-likeness (QED) is 0.471. The SMILES string of the molecule is O=C1NC(=O)/C(=C/C2=CCN=C(NC3CCC(NCc4cccc(-c5ccco5)c4)CC3)N2)S1. The lowest BCUT2D eigenvalue weighted by Gasteiger charge is -2.31. The van der Waals surface area contributed by atoms with E-state index in [1.54, 1.807) is 12.3 Å². The van der Waals surface area contributed by atoms with Crippen LogP contribution in [0, 0.1) is 0 Å². The van der Waals surface area contributed by atoms with Gasteiger partial charge in [-0.15, -0.1) is 0 Å². The van der Waals surface area contributed by atoms with Gasteiger partial charge in [-0.25, -0.2) is 4.99 Å². The van der Waals surface area contributed by atoms with Crippen molar-refractivity contribution >= 4 is 28.9 Å². The van der Waals surface area contributed by atoms with E-state index in [1.807, 2.05) is 18.2 Å². The summed E-state index contributed by atoms with van der Waals surface area (Å²) in [4.78, 5) is 28.0. The Morgan fingerprint density at radius 2 is 1.94 bits per heavy atom. The van der Waals surface area contributed by atoms with Crippen molar-refractivity contribution in [2.75, 3.05) is 6.54 Å². The second kappa shape index (κ2) is 10.3. The minimum atomic E-state index is -0.353. The van der Waals surface area contributed by atoms with E-state index < -0.39 is 0 Å². The van der Waals surface area contributed by atoms with Crippen LogP contribution in [0.5, 0.6) is 0 Å². The van der Waals surface area contributed by atoms with Gasteiger partial charge in [0.2, 0.25) is 0 Å². The largest absolute Gasteiger partial charge is 0.464 e. The molecule has 2 amide bonds. The lowest BCUT2D eigenvalue weighted by molar-refractivity contribution is -0.115. The Balaban J connectivity index is 1.07. The number of carbonyl (C=O) groups is 2. The van der Waals surface area contributed by atoms with E-state index in [0.717, 1.165) is 67.0 Å². The fourth-order valence-electron chi connectivity index (χ4n) is 4.38. The van der Waals surface area contributed by atoms with Crippen LogP contribution in [0.1, 0.15) is 31.2 Å².